The summed E-state index contributed by atoms with van der Waals surface area (Å²) in [6.07, 6.45) is 0.668. The average Bonchev–Trinajstić information content (AvgIpc) is 2.28. The van der Waals surface area contributed by atoms with E-state index in [2.05, 4.69) is 13.8 Å². The molecule has 4 nitrogen and oxygen atoms in total. The Bertz CT molecular complexity index is 185. The van der Waals surface area contributed by atoms with Gasteiger partial charge in [0.25, 0.3) is 0 Å². The molecule has 0 spiro atoms. The van der Waals surface area contributed by atoms with Crippen molar-refractivity contribution in [1.82, 2.24) is 0 Å². The Morgan fingerprint density at radius 1 is 1.00 bits per heavy atom. The fraction of sp³-hybridized carbons (Fsp3) is 1.00. The van der Waals surface area contributed by atoms with Crippen LogP contribution in [0.4, 0.5) is 0 Å². The molecule has 5 unspecified atom stereocenters. The highest BCUT2D eigenvalue weighted by Gasteiger charge is 2.43. The van der Waals surface area contributed by atoms with Crippen LogP contribution in [0, 0.1) is 5.92 Å². The van der Waals surface area contributed by atoms with Crippen LogP contribution in [0.1, 0.15) is 20.3 Å². The molecule has 0 N–H and O–H groups in total. The van der Waals surface area contributed by atoms with Gasteiger partial charge in [0, 0.05) is 27.2 Å². The number of rotatable bonds is 4. The first kappa shape index (κ1) is 12.9. The van der Waals surface area contributed by atoms with E-state index in [1.165, 1.54) is 0 Å². The van der Waals surface area contributed by atoms with Crippen LogP contribution in [0.15, 0.2) is 0 Å². The Balaban J connectivity index is 2.78. The van der Waals surface area contributed by atoms with Crippen LogP contribution in [-0.2, 0) is 18.9 Å². The Labute approximate surface area is 91.8 Å². The van der Waals surface area contributed by atoms with Gasteiger partial charge in [-0.15, -0.1) is 0 Å². The topological polar surface area (TPSA) is 36.9 Å². The highest BCUT2D eigenvalue weighted by Crippen LogP contribution is 2.31. The number of ether oxygens (including phenoxy) is 4. The van der Waals surface area contributed by atoms with E-state index in [9.17, 15) is 0 Å². The molecule has 15 heavy (non-hydrogen) atoms. The van der Waals surface area contributed by atoms with Crippen molar-refractivity contribution in [2.75, 3.05) is 21.3 Å². The lowest BCUT2D eigenvalue weighted by Gasteiger charge is -2.43. The molecule has 0 radical (unpaired) electrons. The van der Waals surface area contributed by atoms with Gasteiger partial charge in [0.15, 0.2) is 6.29 Å². The van der Waals surface area contributed by atoms with Crippen LogP contribution < -0.4 is 0 Å². The van der Waals surface area contributed by atoms with Gasteiger partial charge in [-0.2, -0.15) is 0 Å². The van der Waals surface area contributed by atoms with E-state index in [0.717, 1.165) is 6.42 Å². The Hall–Kier alpha value is -0.160. The second kappa shape index (κ2) is 5.80. The first-order valence-corrected chi connectivity index (χ1v) is 5.43. The molecule has 1 aliphatic rings. The van der Waals surface area contributed by atoms with Gasteiger partial charge in [-0.25, -0.2) is 0 Å². The van der Waals surface area contributed by atoms with Gasteiger partial charge in [-0.3, -0.25) is 0 Å². The fourth-order valence-corrected chi connectivity index (χ4v) is 2.29. The average molecular weight is 218 g/mol. The molecule has 1 rings (SSSR count). The molecule has 1 aliphatic heterocycles. The van der Waals surface area contributed by atoms with Crippen LogP contribution in [0.3, 0.4) is 0 Å². The first-order valence-electron chi connectivity index (χ1n) is 5.43. The maximum absolute atomic E-state index is 5.81. The van der Waals surface area contributed by atoms with E-state index in [4.69, 9.17) is 18.9 Å². The third-order valence-corrected chi connectivity index (χ3v) is 3.18. The smallest absolute Gasteiger partial charge is 0.186 e. The van der Waals surface area contributed by atoms with E-state index in [-0.39, 0.29) is 24.6 Å². The molecule has 4 heteroatoms. The molecule has 0 saturated carbocycles. The molecule has 90 valence electrons. The van der Waals surface area contributed by atoms with Crippen molar-refractivity contribution in [2.45, 2.75) is 44.9 Å². The van der Waals surface area contributed by atoms with Crippen LogP contribution in [0.2, 0.25) is 0 Å². The largest absolute Gasteiger partial charge is 0.378 e. The summed E-state index contributed by atoms with van der Waals surface area (Å²) in [4.78, 5) is 0. The van der Waals surface area contributed by atoms with E-state index < -0.39 is 0 Å². The van der Waals surface area contributed by atoms with Crippen molar-refractivity contribution < 1.29 is 18.9 Å². The molecule has 0 aromatic carbocycles. The summed E-state index contributed by atoms with van der Waals surface area (Å²) >= 11 is 0. The van der Waals surface area contributed by atoms with E-state index in [1.54, 1.807) is 21.3 Å². The first-order chi connectivity index (χ1) is 7.19. The summed E-state index contributed by atoms with van der Waals surface area (Å²) in [7, 11) is 5.00. The highest BCUT2D eigenvalue weighted by molar-refractivity contribution is 4.88. The van der Waals surface area contributed by atoms with Crippen LogP contribution in [0.25, 0.3) is 0 Å². The molecule has 0 aromatic rings. The van der Waals surface area contributed by atoms with E-state index in [0.29, 0.717) is 5.92 Å². The fourth-order valence-electron chi connectivity index (χ4n) is 2.29. The Morgan fingerprint density at radius 3 is 2.00 bits per heavy atom. The monoisotopic (exact) mass is 218 g/mol. The van der Waals surface area contributed by atoms with Gasteiger partial charge in [0.2, 0.25) is 0 Å². The predicted molar refractivity (Wildman–Crippen MR) is 56.7 cm³/mol. The molecule has 1 fully saturated rings. The minimum atomic E-state index is -0.332. The Morgan fingerprint density at radius 2 is 1.60 bits per heavy atom. The lowest BCUT2D eigenvalue weighted by molar-refractivity contribution is -0.285. The molecule has 0 bridgehead atoms. The summed E-state index contributed by atoms with van der Waals surface area (Å²) in [5, 5.41) is 0. The van der Waals surface area contributed by atoms with Gasteiger partial charge in [-0.1, -0.05) is 13.8 Å². The van der Waals surface area contributed by atoms with Crippen molar-refractivity contribution in [2.24, 2.45) is 5.92 Å². The van der Waals surface area contributed by atoms with Gasteiger partial charge in [-0.05, 0) is 6.42 Å². The maximum atomic E-state index is 5.81. The van der Waals surface area contributed by atoms with Gasteiger partial charge < -0.3 is 18.9 Å². The van der Waals surface area contributed by atoms with Crippen molar-refractivity contribution >= 4 is 0 Å². The molecular formula is C11H22O4. The third-order valence-electron chi connectivity index (χ3n) is 3.18. The molecule has 1 saturated heterocycles. The summed E-state index contributed by atoms with van der Waals surface area (Å²) in [6, 6.07) is 0. The maximum Gasteiger partial charge on any atom is 0.186 e. The van der Waals surface area contributed by atoms with Crippen molar-refractivity contribution in [3.63, 3.8) is 0 Å². The van der Waals surface area contributed by atoms with Crippen molar-refractivity contribution in [3.8, 4) is 0 Å². The molecular weight excluding hydrogens is 196 g/mol. The molecule has 0 amide bonds. The van der Waals surface area contributed by atoms with Crippen LogP contribution in [0.5, 0.6) is 0 Å². The van der Waals surface area contributed by atoms with Crippen molar-refractivity contribution in [3.05, 3.63) is 0 Å². The minimum Gasteiger partial charge on any atom is -0.378 e. The number of methoxy groups -OCH3 is 3. The minimum absolute atomic E-state index is 0.0265. The quantitative estimate of drug-likeness (QED) is 0.715. The second-order valence-electron chi connectivity index (χ2n) is 3.95. The molecule has 1 heterocycles. The van der Waals surface area contributed by atoms with E-state index >= 15 is 0 Å². The van der Waals surface area contributed by atoms with Gasteiger partial charge >= 0.3 is 0 Å². The summed E-state index contributed by atoms with van der Waals surface area (Å²) in [5.74, 6) is 0.316. The van der Waals surface area contributed by atoms with Gasteiger partial charge in [0.1, 0.15) is 6.10 Å². The van der Waals surface area contributed by atoms with E-state index in [1.807, 2.05) is 0 Å². The number of hydrogen-bond donors (Lipinski definition) is 0. The van der Waals surface area contributed by atoms with Gasteiger partial charge in [0.05, 0.1) is 12.2 Å². The highest BCUT2D eigenvalue weighted by atomic mass is 16.7. The zero-order valence-corrected chi connectivity index (χ0v) is 10.2. The summed E-state index contributed by atoms with van der Waals surface area (Å²) in [5.41, 5.74) is 0. The summed E-state index contributed by atoms with van der Waals surface area (Å²) < 4.78 is 22.0. The zero-order valence-electron chi connectivity index (χ0n) is 10.2. The third kappa shape index (κ3) is 2.50. The zero-order chi connectivity index (χ0) is 11.4. The van der Waals surface area contributed by atoms with Crippen molar-refractivity contribution in [1.29, 1.82) is 0 Å². The molecule has 5 atom stereocenters. The molecule has 0 aromatic heterocycles. The SMILES string of the molecule is CCC1OC(OC)C(OC)C(OC)C1C. The van der Waals surface area contributed by atoms with Crippen LogP contribution in [-0.4, -0.2) is 45.9 Å². The molecule has 0 aliphatic carbocycles. The number of hydrogen-bond acceptors (Lipinski definition) is 4. The van der Waals surface area contributed by atoms with Crippen LogP contribution >= 0.6 is 0 Å². The predicted octanol–water partition coefficient (Wildman–Crippen LogP) is 1.43. The standard InChI is InChI=1S/C11H22O4/c1-6-8-7(2)9(12-3)10(13-4)11(14-5)15-8/h7-11H,6H2,1-5H3. The summed E-state index contributed by atoms with van der Waals surface area (Å²) in [6.45, 7) is 4.23. The lowest BCUT2D eigenvalue weighted by atomic mass is 9.89. The second-order valence-corrected chi connectivity index (χ2v) is 3.95. The lowest BCUT2D eigenvalue weighted by Crippen LogP contribution is -2.55. The Kier molecular flexibility index (Phi) is 4.99. The normalized spacial score (nSPS) is 41.8.